The Morgan fingerprint density at radius 1 is 0.929 bits per heavy atom. The number of hydrogen-bond acceptors (Lipinski definition) is 3. The van der Waals surface area contributed by atoms with Crippen molar-refractivity contribution in [1.82, 2.24) is 0 Å². The molecular formula is C21H17FN2O3S. The van der Waals surface area contributed by atoms with Crippen LogP contribution in [0.15, 0.2) is 77.7 Å². The van der Waals surface area contributed by atoms with Gasteiger partial charge in [-0.1, -0.05) is 42.0 Å². The first-order chi connectivity index (χ1) is 13.4. The Balaban J connectivity index is 1.86. The Labute approximate surface area is 162 Å². The summed E-state index contributed by atoms with van der Waals surface area (Å²) in [5, 5.41) is 0. The summed E-state index contributed by atoms with van der Waals surface area (Å²) in [4.78, 5) is 14.6. The van der Waals surface area contributed by atoms with Gasteiger partial charge >= 0.3 is 6.03 Å². The summed E-state index contributed by atoms with van der Waals surface area (Å²) >= 11 is 0. The van der Waals surface area contributed by atoms with Gasteiger partial charge < -0.3 is 0 Å². The highest BCUT2D eigenvalue weighted by Gasteiger charge is 2.42. The Kier molecular flexibility index (Phi) is 4.39. The van der Waals surface area contributed by atoms with E-state index in [1.165, 1.54) is 23.1 Å². The summed E-state index contributed by atoms with van der Waals surface area (Å²) < 4.78 is 40.7. The van der Waals surface area contributed by atoms with Gasteiger partial charge in [-0.2, -0.15) is 4.31 Å². The molecule has 0 bridgehead atoms. The van der Waals surface area contributed by atoms with Gasteiger partial charge in [0.2, 0.25) is 0 Å². The fraction of sp³-hybridized carbons (Fsp3) is 0.0952. The SMILES string of the molecule is Cc1ccc(N2C(=O)N(Cc3cccc(F)c3)c3ccccc3S2(=O)=O)cc1. The van der Waals surface area contributed by atoms with Crippen LogP contribution in [0.1, 0.15) is 11.1 Å². The minimum Gasteiger partial charge on any atom is -0.287 e. The average Bonchev–Trinajstić information content (AvgIpc) is 2.67. The third-order valence-electron chi connectivity index (χ3n) is 4.58. The van der Waals surface area contributed by atoms with Crippen LogP contribution in [0.2, 0.25) is 0 Å². The summed E-state index contributed by atoms with van der Waals surface area (Å²) in [7, 11) is -4.06. The lowest BCUT2D eigenvalue weighted by atomic mass is 10.2. The molecule has 0 spiro atoms. The van der Waals surface area contributed by atoms with Crippen LogP contribution >= 0.6 is 0 Å². The number of aryl methyl sites for hydroxylation is 1. The normalized spacial score (nSPS) is 15.4. The lowest BCUT2D eigenvalue weighted by Crippen LogP contribution is -2.50. The molecule has 0 saturated heterocycles. The van der Waals surface area contributed by atoms with Crippen molar-refractivity contribution in [2.75, 3.05) is 9.21 Å². The number of para-hydroxylation sites is 1. The van der Waals surface area contributed by atoms with Crippen LogP contribution in [-0.2, 0) is 16.6 Å². The molecule has 1 aliphatic heterocycles. The highest BCUT2D eigenvalue weighted by atomic mass is 32.2. The first-order valence-corrected chi connectivity index (χ1v) is 10.1. The van der Waals surface area contributed by atoms with E-state index in [1.807, 2.05) is 6.92 Å². The second kappa shape index (κ2) is 6.76. The van der Waals surface area contributed by atoms with Gasteiger partial charge in [-0.15, -0.1) is 0 Å². The van der Waals surface area contributed by atoms with Crippen LogP contribution in [0.3, 0.4) is 0 Å². The Bertz CT molecular complexity index is 1160. The van der Waals surface area contributed by atoms with Crippen molar-refractivity contribution in [3.05, 3.63) is 89.7 Å². The molecule has 0 radical (unpaired) electrons. The van der Waals surface area contributed by atoms with Gasteiger partial charge in [0.25, 0.3) is 10.0 Å². The number of urea groups is 1. The van der Waals surface area contributed by atoms with Crippen LogP contribution in [0, 0.1) is 12.7 Å². The van der Waals surface area contributed by atoms with Crippen molar-refractivity contribution in [1.29, 1.82) is 0 Å². The molecule has 0 N–H and O–H groups in total. The highest BCUT2D eigenvalue weighted by molar-refractivity contribution is 7.94. The molecule has 28 heavy (non-hydrogen) atoms. The first kappa shape index (κ1) is 18.2. The van der Waals surface area contributed by atoms with Crippen molar-refractivity contribution < 1.29 is 17.6 Å². The molecular weight excluding hydrogens is 379 g/mol. The van der Waals surface area contributed by atoms with E-state index in [0.717, 1.165) is 9.87 Å². The number of hydrogen-bond donors (Lipinski definition) is 0. The van der Waals surface area contributed by atoms with Crippen molar-refractivity contribution in [3.8, 4) is 0 Å². The maximum absolute atomic E-state index is 13.6. The summed E-state index contributed by atoms with van der Waals surface area (Å²) in [5.74, 6) is -0.418. The van der Waals surface area contributed by atoms with Gasteiger partial charge in [0, 0.05) is 0 Å². The van der Waals surface area contributed by atoms with E-state index in [4.69, 9.17) is 0 Å². The highest BCUT2D eigenvalue weighted by Crippen LogP contribution is 2.37. The number of sulfonamides is 1. The number of carbonyl (C=O) groups excluding carboxylic acids is 1. The van der Waals surface area contributed by atoms with Gasteiger partial charge in [-0.05, 0) is 48.9 Å². The van der Waals surface area contributed by atoms with Crippen LogP contribution in [-0.4, -0.2) is 14.4 Å². The van der Waals surface area contributed by atoms with Crippen molar-refractivity contribution in [3.63, 3.8) is 0 Å². The molecule has 2 amide bonds. The maximum Gasteiger partial charge on any atom is 0.343 e. The largest absolute Gasteiger partial charge is 0.343 e. The number of halogens is 1. The second-order valence-electron chi connectivity index (χ2n) is 6.57. The van der Waals surface area contributed by atoms with Crippen LogP contribution in [0.4, 0.5) is 20.6 Å². The van der Waals surface area contributed by atoms with Gasteiger partial charge in [0.05, 0.1) is 17.9 Å². The zero-order valence-corrected chi connectivity index (χ0v) is 15.9. The van der Waals surface area contributed by atoms with Crippen molar-refractivity contribution in [2.24, 2.45) is 0 Å². The lowest BCUT2D eigenvalue weighted by Gasteiger charge is -2.36. The molecule has 142 valence electrons. The van der Waals surface area contributed by atoms with E-state index in [0.29, 0.717) is 5.56 Å². The lowest BCUT2D eigenvalue weighted by molar-refractivity contribution is 0.253. The van der Waals surface area contributed by atoms with E-state index in [1.54, 1.807) is 54.6 Å². The quantitative estimate of drug-likeness (QED) is 0.656. The molecule has 4 rings (SSSR count). The minimum atomic E-state index is -4.06. The molecule has 0 fully saturated rings. The average molecular weight is 396 g/mol. The number of carbonyl (C=O) groups is 1. The van der Waals surface area contributed by atoms with Crippen LogP contribution in [0.5, 0.6) is 0 Å². The number of amides is 2. The van der Waals surface area contributed by atoms with Gasteiger partial charge in [-0.25, -0.2) is 17.6 Å². The van der Waals surface area contributed by atoms with Crippen LogP contribution in [0.25, 0.3) is 0 Å². The smallest absolute Gasteiger partial charge is 0.287 e. The topological polar surface area (TPSA) is 57.7 Å². The van der Waals surface area contributed by atoms with Gasteiger partial charge in [0.15, 0.2) is 0 Å². The molecule has 3 aromatic rings. The van der Waals surface area contributed by atoms with E-state index in [9.17, 15) is 17.6 Å². The monoisotopic (exact) mass is 396 g/mol. The van der Waals surface area contributed by atoms with E-state index in [2.05, 4.69) is 0 Å². The number of anilines is 2. The van der Waals surface area contributed by atoms with Gasteiger partial charge in [0.1, 0.15) is 10.7 Å². The number of fused-ring (bicyclic) bond motifs is 1. The molecule has 0 unspecified atom stereocenters. The Morgan fingerprint density at radius 3 is 2.36 bits per heavy atom. The summed E-state index contributed by atoms with van der Waals surface area (Å²) in [6, 6.07) is 18.2. The molecule has 0 aliphatic carbocycles. The fourth-order valence-corrected chi connectivity index (χ4v) is 4.81. The van der Waals surface area contributed by atoms with E-state index < -0.39 is 21.9 Å². The zero-order valence-electron chi connectivity index (χ0n) is 15.0. The minimum absolute atomic E-state index is 0.0339. The van der Waals surface area contributed by atoms with Crippen molar-refractivity contribution in [2.45, 2.75) is 18.4 Å². The Hall–Kier alpha value is -3.19. The summed E-state index contributed by atoms with van der Waals surface area (Å²) in [5.41, 5.74) is 2.04. The molecule has 7 heteroatoms. The van der Waals surface area contributed by atoms with E-state index >= 15 is 0 Å². The maximum atomic E-state index is 13.6. The molecule has 0 saturated carbocycles. The molecule has 3 aromatic carbocycles. The summed E-state index contributed by atoms with van der Waals surface area (Å²) in [6.45, 7) is 1.92. The molecule has 0 aromatic heterocycles. The second-order valence-corrected chi connectivity index (χ2v) is 8.33. The molecule has 1 aliphatic rings. The first-order valence-electron chi connectivity index (χ1n) is 8.65. The zero-order chi connectivity index (χ0) is 19.9. The third-order valence-corrected chi connectivity index (χ3v) is 6.33. The molecule has 0 atom stereocenters. The fourth-order valence-electron chi connectivity index (χ4n) is 3.21. The third kappa shape index (κ3) is 3.03. The van der Waals surface area contributed by atoms with Crippen molar-refractivity contribution >= 4 is 27.4 Å². The molecule has 1 heterocycles. The number of rotatable bonds is 3. The van der Waals surface area contributed by atoms with Crippen LogP contribution < -0.4 is 9.21 Å². The Morgan fingerprint density at radius 2 is 1.64 bits per heavy atom. The predicted octanol–water partition coefficient (Wildman–Crippen LogP) is 4.47. The van der Waals surface area contributed by atoms with E-state index in [-0.39, 0.29) is 22.8 Å². The summed E-state index contributed by atoms with van der Waals surface area (Å²) in [6.07, 6.45) is 0. The number of benzene rings is 3. The van der Waals surface area contributed by atoms with Gasteiger partial charge in [-0.3, -0.25) is 4.90 Å². The predicted molar refractivity (Wildman–Crippen MR) is 105 cm³/mol. The standard InChI is InChI=1S/C21H17FN2O3S/c1-15-9-11-18(12-10-15)24-21(25)23(14-16-5-4-6-17(22)13-16)19-7-2-3-8-20(19)28(24,26)27/h2-13H,14H2,1H3. The molecule has 5 nitrogen and oxygen atoms in total. The number of nitrogens with zero attached hydrogens (tertiary/aromatic N) is 2.